The van der Waals surface area contributed by atoms with Crippen molar-refractivity contribution in [2.45, 2.75) is 11.7 Å². The van der Waals surface area contributed by atoms with Crippen LogP contribution in [0.4, 0.5) is 0 Å². The van der Waals surface area contributed by atoms with Crippen LogP contribution in [0.2, 0.25) is 0 Å². The highest BCUT2D eigenvalue weighted by Crippen LogP contribution is 2.32. The van der Waals surface area contributed by atoms with E-state index in [1.165, 1.54) is 13.3 Å². The molecule has 2 rings (SSSR count). The van der Waals surface area contributed by atoms with Crippen molar-refractivity contribution in [3.05, 3.63) is 22.2 Å². The van der Waals surface area contributed by atoms with E-state index in [0.29, 0.717) is 17.1 Å². The molecule has 0 spiro atoms. The highest BCUT2D eigenvalue weighted by molar-refractivity contribution is 9.10. The van der Waals surface area contributed by atoms with E-state index in [-0.39, 0.29) is 17.5 Å². The molecule has 128 valence electrons. The molecule has 0 unspecified atom stereocenters. The largest absolute Gasteiger partial charge is 0.496 e. The van der Waals surface area contributed by atoms with Crippen LogP contribution in [0.15, 0.2) is 26.8 Å². The number of aliphatic carboxylic acids is 1. The summed E-state index contributed by atoms with van der Waals surface area (Å²) in [5.74, 6) is -0.266. The molecule has 0 aliphatic carbocycles. The third-order valence-corrected chi connectivity index (χ3v) is 4.68. The fourth-order valence-corrected chi connectivity index (χ4v) is 3.31. The van der Waals surface area contributed by atoms with Crippen LogP contribution in [0.3, 0.4) is 0 Å². The average molecular weight is 416 g/mol. The Morgan fingerprint density at radius 3 is 2.75 bits per heavy atom. The monoisotopic (exact) mass is 415 g/mol. The number of ether oxygens (including phenoxy) is 2. The Morgan fingerprint density at radius 1 is 1.42 bits per heavy atom. The molecule has 0 radical (unpaired) electrons. The zero-order valence-electron chi connectivity index (χ0n) is 12.8. The van der Waals surface area contributed by atoms with Gasteiger partial charge in [0.2, 0.25) is 5.91 Å². The molecule has 1 aromatic carbocycles. The maximum absolute atomic E-state index is 11.6. The van der Waals surface area contributed by atoms with Gasteiger partial charge in [0.15, 0.2) is 5.17 Å². The topological polar surface area (TPSA) is 110 Å². The van der Waals surface area contributed by atoms with Crippen molar-refractivity contribution >= 4 is 51.0 Å². The Labute approximate surface area is 150 Å². The fraction of sp³-hybridized carbons (Fsp3) is 0.286. The number of thioether (sulfide) groups is 1. The first kappa shape index (κ1) is 18.3. The molecule has 2 N–H and O–H groups in total. The van der Waals surface area contributed by atoms with Crippen LogP contribution < -0.4 is 14.8 Å². The minimum atomic E-state index is -1.04. The van der Waals surface area contributed by atoms with Crippen LogP contribution in [0.5, 0.6) is 11.5 Å². The first-order chi connectivity index (χ1) is 11.4. The number of hydrogen-bond acceptors (Lipinski definition) is 7. The van der Waals surface area contributed by atoms with Gasteiger partial charge in [0.1, 0.15) is 16.7 Å². The summed E-state index contributed by atoms with van der Waals surface area (Å²) in [6.45, 7) is 0. The van der Waals surface area contributed by atoms with E-state index < -0.39 is 11.2 Å². The summed E-state index contributed by atoms with van der Waals surface area (Å²) in [7, 11) is 3.07. The van der Waals surface area contributed by atoms with Crippen molar-refractivity contribution in [2.75, 3.05) is 14.2 Å². The number of carbonyl (C=O) groups is 2. The van der Waals surface area contributed by atoms with E-state index in [1.54, 1.807) is 19.2 Å². The predicted octanol–water partition coefficient (Wildman–Crippen LogP) is 1.86. The molecular weight excluding hydrogens is 402 g/mol. The van der Waals surface area contributed by atoms with E-state index in [2.05, 4.69) is 31.4 Å². The second kappa shape index (κ2) is 8.15. The van der Waals surface area contributed by atoms with Crippen molar-refractivity contribution in [1.29, 1.82) is 0 Å². The molecule has 1 aromatic rings. The normalized spacial score (nSPS) is 18.9. The first-order valence-electron chi connectivity index (χ1n) is 6.66. The van der Waals surface area contributed by atoms with Crippen LogP contribution >= 0.6 is 27.7 Å². The number of nitrogens with one attached hydrogen (secondary N) is 1. The highest BCUT2D eigenvalue weighted by atomic mass is 79.9. The van der Waals surface area contributed by atoms with Crippen LogP contribution in [0, 0.1) is 0 Å². The third kappa shape index (κ3) is 4.48. The van der Waals surface area contributed by atoms with Crippen molar-refractivity contribution in [2.24, 2.45) is 10.2 Å². The van der Waals surface area contributed by atoms with Crippen LogP contribution in [0.1, 0.15) is 12.0 Å². The summed E-state index contributed by atoms with van der Waals surface area (Å²) in [5, 5.41) is 18.6. The maximum Gasteiger partial charge on any atom is 0.305 e. The van der Waals surface area contributed by atoms with Gasteiger partial charge >= 0.3 is 5.97 Å². The molecule has 0 aromatic heterocycles. The molecule has 1 fully saturated rings. The molecule has 1 heterocycles. The molecular formula is C14H14BrN3O5S. The van der Waals surface area contributed by atoms with E-state index in [4.69, 9.17) is 14.6 Å². The van der Waals surface area contributed by atoms with Gasteiger partial charge in [-0.05, 0) is 22.0 Å². The third-order valence-electron chi connectivity index (χ3n) is 2.99. The van der Waals surface area contributed by atoms with Crippen molar-refractivity contribution < 1.29 is 24.2 Å². The van der Waals surface area contributed by atoms with Gasteiger partial charge in [0, 0.05) is 11.6 Å². The van der Waals surface area contributed by atoms with Crippen molar-refractivity contribution in [1.82, 2.24) is 5.32 Å². The Balaban J connectivity index is 2.13. The van der Waals surface area contributed by atoms with Crippen molar-refractivity contribution in [3.8, 4) is 11.5 Å². The minimum Gasteiger partial charge on any atom is -0.496 e. The average Bonchev–Trinajstić information content (AvgIpc) is 2.86. The number of rotatable bonds is 6. The maximum atomic E-state index is 11.6. The van der Waals surface area contributed by atoms with Crippen LogP contribution in [0.25, 0.3) is 0 Å². The predicted molar refractivity (Wildman–Crippen MR) is 94.0 cm³/mol. The summed E-state index contributed by atoms with van der Waals surface area (Å²) in [6, 6.07) is 3.46. The molecule has 1 saturated heterocycles. The second-order valence-corrected chi connectivity index (χ2v) is 6.62. The smallest absolute Gasteiger partial charge is 0.305 e. The Kier molecular flexibility index (Phi) is 6.21. The highest BCUT2D eigenvalue weighted by Gasteiger charge is 2.32. The molecule has 1 atom stereocenters. The lowest BCUT2D eigenvalue weighted by Gasteiger charge is -2.08. The van der Waals surface area contributed by atoms with Gasteiger partial charge < -0.3 is 19.9 Å². The number of carboxylic acid groups (broad SMARTS) is 1. The number of benzene rings is 1. The number of carboxylic acids is 1. The summed E-state index contributed by atoms with van der Waals surface area (Å²) in [5.41, 5.74) is 0.658. The summed E-state index contributed by atoms with van der Waals surface area (Å²) in [6.07, 6.45) is 1.20. The zero-order valence-corrected chi connectivity index (χ0v) is 15.2. The van der Waals surface area contributed by atoms with Crippen LogP contribution in [-0.2, 0) is 9.59 Å². The SMILES string of the molecule is COc1cc(OC)c(C=N/N=C2/NC(=O)[C@@H](CC(=O)O)S2)cc1Br. The molecule has 1 amide bonds. The Bertz CT molecular complexity index is 723. The van der Waals surface area contributed by atoms with Gasteiger partial charge in [-0.1, -0.05) is 11.8 Å². The molecule has 1 aliphatic rings. The summed E-state index contributed by atoms with van der Waals surface area (Å²) >= 11 is 4.41. The van der Waals surface area contributed by atoms with Gasteiger partial charge in [-0.3, -0.25) is 9.59 Å². The number of methoxy groups -OCH3 is 2. The number of amides is 1. The zero-order chi connectivity index (χ0) is 17.7. The lowest BCUT2D eigenvalue weighted by Crippen LogP contribution is -2.26. The second-order valence-electron chi connectivity index (χ2n) is 4.57. The van der Waals surface area contributed by atoms with Gasteiger partial charge in [0.25, 0.3) is 0 Å². The van der Waals surface area contributed by atoms with E-state index >= 15 is 0 Å². The van der Waals surface area contributed by atoms with Gasteiger partial charge in [-0.2, -0.15) is 5.10 Å². The minimum absolute atomic E-state index is 0.258. The fourth-order valence-electron chi connectivity index (χ4n) is 1.87. The van der Waals surface area contributed by atoms with Gasteiger partial charge in [0.05, 0.1) is 31.3 Å². The molecule has 0 saturated carbocycles. The molecule has 24 heavy (non-hydrogen) atoms. The first-order valence-corrected chi connectivity index (χ1v) is 8.33. The Morgan fingerprint density at radius 2 is 2.12 bits per heavy atom. The van der Waals surface area contributed by atoms with E-state index in [0.717, 1.165) is 16.2 Å². The van der Waals surface area contributed by atoms with Gasteiger partial charge in [-0.25, -0.2) is 0 Å². The van der Waals surface area contributed by atoms with Gasteiger partial charge in [-0.15, -0.1) is 5.10 Å². The molecule has 8 nitrogen and oxygen atoms in total. The lowest BCUT2D eigenvalue weighted by molar-refractivity contribution is -0.138. The summed E-state index contributed by atoms with van der Waals surface area (Å²) in [4.78, 5) is 22.3. The molecule has 1 aliphatic heterocycles. The summed E-state index contributed by atoms with van der Waals surface area (Å²) < 4.78 is 11.2. The number of halogens is 1. The Hall–Kier alpha value is -2.07. The standard InChI is InChI=1S/C14H14BrN3O5S/c1-22-9-4-10(23-2)8(15)3-7(9)6-16-18-14-17-13(21)11(24-14)5-12(19)20/h3-4,6,11H,5H2,1-2H3,(H,19,20)(H,17,18,21)/t11-/m1/s1. The number of nitrogens with zero attached hydrogens (tertiary/aromatic N) is 2. The number of amidine groups is 1. The quantitative estimate of drug-likeness (QED) is 0.541. The molecule has 0 bridgehead atoms. The van der Waals surface area contributed by atoms with E-state index in [9.17, 15) is 9.59 Å². The van der Waals surface area contributed by atoms with Crippen LogP contribution in [-0.4, -0.2) is 47.8 Å². The lowest BCUT2D eigenvalue weighted by atomic mass is 10.2. The van der Waals surface area contributed by atoms with E-state index in [1.807, 2.05) is 0 Å². The number of hydrogen-bond donors (Lipinski definition) is 2. The number of carbonyl (C=O) groups excluding carboxylic acids is 1. The van der Waals surface area contributed by atoms with Crippen molar-refractivity contribution in [3.63, 3.8) is 0 Å². The molecule has 10 heteroatoms.